The Morgan fingerprint density at radius 1 is 1.78 bits per heavy atom. The molecule has 0 N–H and O–H groups in total. The molecule has 0 radical (unpaired) electrons. The Labute approximate surface area is 55.0 Å². The van der Waals surface area contributed by atoms with Crippen molar-refractivity contribution in [2.75, 3.05) is 6.67 Å². The summed E-state index contributed by atoms with van der Waals surface area (Å²) in [7, 11) is 0. The summed E-state index contributed by atoms with van der Waals surface area (Å²) in [6.45, 7) is 1.69. The van der Waals surface area contributed by atoms with Gasteiger partial charge in [0.1, 0.15) is 6.67 Å². The summed E-state index contributed by atoms with van der Waals surface area (Å²) in [6.07, 6.45) is 3.12. The topological polar surface area (TPSA) is 12.4 Å². The number of hydrogen-bond acceptors (Lipinski definition) is 1. The number of hydrogen-bond donors (Lipinski definition) is 0. The van der Waals surface area contributed by atoms with Crippen molar-refractivity contribution >= 4 is 5.71 Å². The first-order valence-corrected chi connectivity index (χ1v) is 3.42. The van der Waals surface area contributed by atoms with Crippen molar-refractivity contribution in [1.82, 2.24) is 0 Å². The Bertz CT molecular complexity index is 120. The van der Waals surface area contributed by atoms with Gasteiger partial charge in [-0.1, -0.05) is 0 Å². The Hall–Kier alpha value is -0.400. The highest BCUT2D eigenvalue weighted by Gasteiger charge is 2.10. The van der Waals surface area contributed by atoms with Crippen LogP contribution in [0.2, 0.25) is 0 Å². The number of nitrogens with zero attached hydrogens (tertiary/aromatic N) is 1. The van der Waals surface area contributed by atoms with E-state index in [0.717, 1.165) is 25.0 Å². The van der Waals surface area contributed by atoms with E-state index in [4.69, 9.17) is 0 Å². The zero-order valence-electron chi connectivity index (χ0n) is 5.73. The number of alkyl halides is 1. The van der Waals surface area contributed by atoms with E-state index in [1.165, 1.54) is 0 Å². The first kappa shape index (κ1) is 6.72. The molecule has 1 aliphatic heterocycles. The largest absolute Gasteiger partial charge is 0.288 e. The second-order valence-electron chi connectivity index (χ2n) is 2.56. The van der Waals surface area contributed by atoms with Gasteiger partial charge in [-0.2, -0.15) is 0 Å². The zero-order chi connectivity index (χ0) is 6.69. The van der Waals surface area contributed by atoms with E-state index < -0.39 is 0 Å². The fourth-order valence-corrected chi connectivity index (χ4v) is 1.15. The molecule has 0 amide bonds. The highest BCUT2D eigenvalue weighted by Crippen LogP contribution is 2.13. The van der Waals surface area contributed by atoms with Gasteiger partial charge in [0.2, 0.25) is 0 Å². The van der Waals surface area contributed by atoms with E-state index in [2.05, 4.69) is 4.99 Å². The Kier molecular flexibility index (Phi) is 2.20. The average Bonchev–Trinajstić information content (AvgIpc) is 1.88. The van der Waals surface area contributed by atoms with Crippen LogP contribution in [0.5, 0.6) is 0 Å². The quantitative estimate of drug-likeness (QED) is 0.513. The molecule has 0 aromatic rings. The molecule has 2 heteroatoms. The number of rotatable bonds is 1. The molecule has 0 aliphatic carbocycles. The summed E-state index contributed by atoms with van der Waals surface area (Å²) in [5.74, 6) is 0. The molecule has 1 aliphatic rings. The van der Waals surface area contributed by atoms with Gasteiger partial charge in [0.25, 0.3) is 0 Å². The third-order valence-electron chi connectivity index (χ3n) is 1.66. The normalized spacial score (nSPS) is 27.8. The molecular formula is C7H12FN. The Morgan fingerprint density at radius 2 is 2.56 bits per heavy atom. The molecule has 1 nitrogen and oxygen atoms in total. The van der Waals surface area contributed by atoms with Gasteiger partial charge in [-0.25, -0.2) is 4.39 Å². The van der Waals surface area contributed by atoms with Crippen LogP contribution < -0.4 is 0 Å². The van der Waals surface area contributed by atoms with Crippen molar-refractivity contribution in [1.29, 1.82) is 0 Å². The summed E-state index contributed by atoms with van der Waals surface area (Å²) in [5, 5.41) is 0. The van der Waals surface area contributed by atoms with Crippen LogP contribution >= 0.6 is 0 Å². The van der Waals surface area contributed by atoms with Crippen LogP contribution in [-0.2, 0) is 0 Å². The minimum Gasteiger partial charge on any atom is -0.288 e. The van der Waals surface area contributed by atoms with Crippen LogP contribution in [0, 0.1) is 0 Å². The van der Waals surface area contributed by atoms with Gasteiger partial charge in [-0.15, -0.1) is 0 Å². The van der Waals surface area contributed by atoms with E-state index in [1.54, 1.807) is 0 Å². The molecule has 9 heavy (non-hydrogen) atoms. The summed E-state index contributed by atoms with van der Waals surface area (Å²) >= 11 is 0. The predicted molar refractivity (Wildman–Crippen MR) is 36.7 cm³/mol. The van der Waals surface area contributed by atoms with Crippen molar-refractivity contribution in [3.63, 3.8) is 0 Å². The molecule has 0 fully saturated rings. The molecule has 0 saturated carbocycles. The summed E-state index contributed by atoms with van der Waals surface area (Å²) < 4.78 is 11.9. The zero-order valence-corrected chi connectivity index (χ0v) is 5.73. The van der Waals surface area contributed by atoms with E-state index in [1.807, 2.05) is 6.92 Å². The summed E-state index contributed by atoms with van der Waals surface area (Å²) in [5.41, 5.74) is 1.11. The lowest BCUT2D eigenvalue weighted by Gasteiger charge is -2.14. The minimum atomic E-state index is -0.280. The highest BCUT2D eigenvalue weighted by atomic mass is 19.1. The molecule has 0 saturated heterocycles. The maximum Gasteiger partial charge on any atom is 0.112 e. The second-order valence-corrected chi connectivity index (χ2v) is 2.56. The first-order chi connectivity index (χ1) is 4.33. The Balaban J connectivity index is 2.47. The Morgan fingerprint density at radius 3 is 3.00 bits per heavy atom. The van der Waals surface area contributed by atoms with Gasteiger partial charge in [-0.3, -0.25) is 4.99 Å². The van der Waals surface area contributed by atoms with Crippen molar-refractivity contribution in [3.8, 4) is 0 Å². The minimum absolute atomic E-state index is 0.0150. The standard InChI is InChI=1S/C7H12FN/c1-6-3-2-4-7(5-8)9-6/h7H,2-5H2,1H3. The molecule has 1 rings (SSSR count). The smallest absolute Gasteiger partial charge is 0.112 e. The van der Waals surface area contributed by atoms with Gasteiger partial charge in [-0.05, 0) is 26.2 Å². The maximum absolute atomic E-state index is 11.9. The lowest BCUT2D eigenvalue weighted by atomic mass is 10.1. The van der Waals surface area contributed by atoms with Gasteiger partial charge in [0, 0.05) is 5.71 Å². The molecule has 1 atom stereocenters. The molecule has 1 unspecified atom stereocenters. The van der Waals surface area contributed by atoms with Crippen LogP contribution in [0.25, 0.3) is 0 Å². The van der Waals surface area contributed by atoms with E-state index >= 15 is 0 Å². The van der Waals surface area contributed by atoms with E-state index in [0.29, 0.717) is 0 Å². The third-order valence-corrected chi connectivity index (χ3v) is 1.66. The van der Waals surface area contributed by atoms with E-state index in [-0.39, 0.29) is 12.7 Å². The fourth-order valence-electron chi connectivity index (χ4n) is 1.15. The molecule has 0 aromatic heterocycles. The molecule has 0 spiro atoms. The summed E-state index contributed by atoms with van der Waals surface area (Å²) in [4.78, 5) is 4.14. The van der Waals surface area contributed by atoms with Crippen LogP contribution in [0.1, 0.15) is 26.2 Å². The van der Waals surface area contributed by atoms with Crippen molar-refractivity contribution < 1.29 is 4.39 Å². The lowest BCUT2D eigenvalue weighted by molar-refractivity contribution is 0.403. The molecule has 0 aromatic carbocycles. The average molecular weight is 129 g/mol. The van der Waals surface area contributed by atoms with Crippen LogP contribution in [0.15, 0.2) is 4.99 Å². The lowest BCUT2D eigenvalue weighted by Crippen LogP contribution is -2.15. The van der Waals surface area contributed by atoms with Crippen LogP contribution in [0.4, 0.5) is 4.39 Å². The number of halogens is 1. The van der Waals surface area contributed by atoms with E-state index in [9.17, 15) is 4.39 Å². The van der Waals surface area contributed by atoms with Crippen molar-refractivity contribution in [3.05, 3.63) is 0 Å². The SMILES string of the molecule is CC1=NC(CF)CCC1. The second kappa shape index (κ2) is 2.95. The molecular weight excluding hydrogens is 117 g/mol. The molecule has 1 heterocycles. The first-order valence-electron chi connectivity index (χ1n) is 3.42. The summed E-state index contributed by atoms with van der Waals surface area (Å²) in [6, 6.07) is -0.0150. The maximum atomic E-state index is 11.9. The van der Waals surface area contributed by atoms with Gasteiger partial charge in [0.05, 0.1) is 6.04 Å². The molecule has 52 valence electrons. The van der Waals surface area contributed by atoms with Gasteiger partial charge >= 0.3 is 0 Å². The van der Waals surface area contributed by atoms with Crippen LogP contribution in [-0.4, -0.2) is 18.4 Å². The highest BCUT2D eigenvalue weighted by molar-refractivity contribution is 5.82. The third kappa shape index (κ3) is 1.77. The monoisotopic (exact) mass is 129 g/mol. The van der Waals surface area contributed by atoms with Crippen molar-refractivity contribution in [2.24, 2.45) is 4.99 Å². The molecule has 0 bridgehead atoms. The van der Waals surface area contributed by atoms with Crippen molar-refractivity contribution in [2.45, 2.75) is 32.2 Å². The van der Waals surface area contributed by atoms with Crippen LogP contribution in [0.3, 0.4) is 0 Å². The number of aliphatic imine (C=N–C) groups is 1. The fraction of sp³-hybridized carbons (Fsp3) is 0.857. The van der Waals surface area contributed by atoms with Gasteiger partial charge in [0.15, 0.2) is 0 Å². The van der Waals surface area contributed by atoms with Gasteiger partial charge < -0.3 is 0 Å². The predicted octanol–water partition coefficient (Wildman–Crippen LogP) is 1.97.